The van der Waals surface area contributed by atoms with Gasteiger partial charge in [0.15, 0.2) is 0 Å². The zero-order chi connectivity index (χ0) is 12.1. The van der Waals surface area contributed by atoms with E-state index < -0.39 is 0 Å². The molecule has 0 spiro atoms. The Morgan fingerprint density at radius 2 is 2.18 bits per heavy atom. The van der Waals surface area contributed by atoms with Crippen molar-refractivity contribution in [1.82, 2.24) is 5.32 Å². The maximum atomic E-state index is 6.19. The van der Waals surface area contributed by atoms with Crippen LogP contribution >= 0.6 is 11.6 Å². The van der Waals surface area contributed by atoms with Crippen LogP contribution in [0, 0.1) is 0 Å². The fourth-order valence-electron chi connectivity index (χ4n) is 1.89. The maximum Gasteiger partial charge on any atom is 0.120 e. The minimum absolute atomic E-state index is 0.819. The fraction of sp³-hybridized carbons (Fsp3) is 0.571. The van der Waals surface area contributed by atoms with E-state index in [0.717, 1.165) is 29.8 Å². The number of ether oxygens (including phenoxy) is 1. The van der Waals surface area contributed by atoms with Crippen molar-refractivity contribution in [3.05, 3.63) is 28.8 Å². The number of hydrogen-bond donors (Lipinski definition) is 1. The summed E-state index contributed by atoms with van der Waals surface area (Å²) in [6.45, 7) is 1.14. The molecule has 1 aliphatic carbocycles. The van der Waals surface area contributed by atoms with Crippen LogP contribution in [0.5, 0.6) is 5.75 Å². The second-order valence-electron chi connectivity index (χ2n) is 4.64. The van der Waals surface area contributed by atoms with Gasteiger partial charge in [-0.15, -0.1) is 0 Å². The van der Waals surface area contributed by atoms with Crippen molar-refractivity contribution >= 4 is 11.6 Å². The van der Waals surface area contributed by atoms with Crippen LogP contribution in [0.3, 0.4) is 0 Å². The van der Waals surface area contributed by atoms with Crippen molar-refractivity contribution in [3.63, 3.8) is 0 Å². The molecule has 1 aromatic carbocycles. The van der Waals surface area contributed by atoms with Crippen LogP contribution in [0.4, 0.5) is 0 Å². The van der Waals surface area contributed by atoms with Gasteiger partial charge >= 0.3 is 0 Å². The average molecular weight is 254 g/mol. The van der Waals surface area contributed by atoms with Gasteiger partial charge in [0.1, 0.15) is 5.75 Å². The predicted molar refractivity (Wildman–Crippen MR) is 72.0 cm³/mol. The molecule has 1 aromatic rings. The summed E-state index contributed by atoms with van der Waals surface area (Å²) in [7, 11) is 1.66. The molecule has 0 heterocycles. The van der Waals surface area contributed by atoms with Gasteiger partial charge in [0.05, 0.1) is 7.11 Å². The summed E-state index contributed by atoms with van der Waals surface area (Å²) in [5, 5.41) is 4.34. The van der Waals surface area contributed by atoms with Crippen LogP contribution in [0.25, 0.3) is 0 Å². The highest BCUT2D eigenvalue weighted by Gasteiger charge is 2.19. The van der Waals surface area contributed by atoms with Gasteiger partial charge in [0.25, 0.3) is 0 Å². The molecule has 0 unspecified atom stereocenters. The number of nitrogens with one attached hydrogen (secondary N) is 1. The lowest BCUT2D eigenvalue weighted by atomic mass is 10.1. The SMILES string of the molecule is COc1ccc(CCCCNC2CC2)c(Cl)c1. The van der Waals surface area contributed by atoms with E-state index in [9.17, 15) is 0 Å². The zero-order valence-corrected chi connectivity index (χ0v) is 11.1. The summed E-state index contributed by atoms with van der Waals surface area (Å²) < 4.78 is 5.13. The van der Waals surface area contributed by atoms with Crippen molar-refractivity contribution in [3.8, 4) is 5.75 Å². The summed E-state index contributed by atoms with van der Waals surface area (Å²) in [6, 6.07) is 6.75. The summed E-state index contributed by atoms with van der Waals surface area (Å²) in [5.41, 5.74) is 1.22. The Morgan fingerprint density at radius 1 is 1.35 bits per heavy atom. The normalized spacial score (nSPS) is 14.9. The van der Waals surface area contributed by atoms with Crippen LogP contribution in [-0.4, -0.2) is 19.7 Å². The van der Waals surface area contributed by atoms with Crippen LogP contribution in [0.15, 0.2) is 18.2 Å². The first-order chi connectivity index (χ1) is 8.29. The average Bonchev–Trinajstić information content (AvgIpc) is 3.14. The van der Waals surface area contributed by atoms with Crippen molar-refractivity contribution in [2.75, 3.05) is 13.7 Å². The van der Waals surface area contributed by atoms with Gasteiger partial charge in [-0.3, -0.25) is 0 Å². The molecule has 0 atom stereocenters. The van der Waals surface area contributed by atoms with Crippen molar-refractivity contribution in [2.24, 2.45) is 0 Å². The molecule has 1 fully saturated rings. The van der Waals surface area contributed by atoms with E-state index >= 15 is 0 Å². The van der Waals surface area contributed by atoms with Crippen LogP contribution in [0.1, 0.15) is 31.2 Å². The summed E-state index contributed by atoms with van der Waals surface area (Å²) in [6.07, 6.45) is 6.19. The molecule has 0 bridgehead atoms. The number of unbranched alkanes of at least 4 members (excludes halogenated alkanes) is 1. The Hall–Kier alpha value is -0.730. The van der Waals surface area contributed by atoms with E-state index in [0.29, 0.717) is 0 Å². The van der Waals surface area contributed by atoms with E-state index in [1.807, 2.05) is 12.1 Å². The van der Waals surface area contributed by atoms with Gasteiger partial charge in [0, 0.05) is 11.1 Å². The first kappa shape index (κ1) is 12.7. The van der Waals surface area contributed by atoms with E-state index in [-0.39, 0.29) is 0 Å². The lowest BCUT2D eigenvalue weighted by Gasteiger charge is -2.07. The highest BCUT2D eigenvalue weighted by molar-refractivity contribution is 6.31. The minimum atomic E-state index is 0.819. The number of benzene rings is 1. The maximum absolute atomic E-state index is 6.19. The number of aryl methyl sites for hydroxylation is 1. The molecule has 0 radical (unpaired) electrons. The molecule has 2 nitrogen and oxygen atoms in total. The molecule has 0 aliphatic heterocycles. The Kier molecular flexibility index (Phi) is 4.69. The van der Waals surface area contributed by atoms with Crippen LogP contribution in [-0.2, 0) is 6.42 Å². The van der Waals surface area contributed by atoms with E-state index in [4.69, 9.17) is 16.3 Å². The lowest BCUT2D eigenvalue weighted by molar-refractivity contribution is 0.414. The smallest absolute Gasteiger partial charge is 0.120 e. The highest BCUT2D eigenvalue weighted by atomic mass is 35.5. The van der Waals surface area contributed by atoms with Gasteiger partial charge in [0.2, 0.25) is 0 Å². The highest BCUT2D eigenvalue weighted by Crippen LogP contribution is 2.23. The Balaban J connectivity index is 1.70. The second kappa shape index (κ2) is 6.27. The van der Waals surface area contributed by atoms with E-state index in [1.54, 1.807) is 7.11 Å². The summed E-state index contributed by atoms with van der Waals surface area (Å²) >= 11 is 6.19. The first-order valence-corrected chi connectivity index (χ1v) is 6.73. The molecule has 1 N–H and O–H groups in total. The van der Waals surface area contributed by atoms with Gasteiger partial charge in [-0.25, -0.2) is 0 Å². The quantitative estimate of drug-likeness (QED) is 0.752. The summed E-state index contributed by atoms with van der Waals surface area (Å²) in [4.78, 5) is 0. The second-order valence-corrected chi connectivity index (χ2v) is 5.05. The molecule has 17 heavy (non-hydrogen) atoms. The largest absolute Gasteiger partial charge is 0.497 e. The topological polar surface area (TPSA) is 21.3 Å². The Labute approximate surface area is 108 Å². The first-order valence-electron chi connectivity index (χ1n) is 6.35. The standard InChI is InChI=1S/C14H20ClNO/c1-17-13-8-5-11(14(15)10-13)4-2-3-9-16-12-6-7-12/h5,8,10,12,16H,2-4,6-7,9H2,1H3. The molecule has 0 aromatic heterocycles. The van der Waals surface area contributed by atoms with Crippen LogP contribution in [0.2, 0.25) is 5.02 Å². The van der Waals surface area contributed by atoms with E-state index in [2.05, 4.69) is 11.4 Å². The lowest BCUT2D eigenvalue weighted by Crippen LogP contribution is -2.17. The molecule has 94 valence electrons. The molecular formula is C14H20ClNO. The summed E-state index contributed by atoms with van der Waals surface area (Å²) in [5.74, 6) is 0.828. The van der Waals surface area contributed by atoms with Crippen LogP contribution < -0.4 is 10.1 Å². The third kappa shape index (κ3) is 4.21. The van der Waals surface area contributed by atoms with Crippen molar-refractivity contribution in [1.29, 1.82) is 0 Å². The third-order valence-corrected chi connectivity index (χ3v) is 3.50. The van der Waals surface area contributed by atoms with E-state index in [1.165, 1.54) is 31.2 Å². The number of methoxy groups -OCH3 is 1. The third-order valence-electron chi connectivity index (χ3n) is 3.14. The van der Waals surface area contributed by atoms with Gasteiger partial charge in [-0.2, -0.15) is 0 Å². The molecule has 2 rings (SSSR count). The zero-order valence-electron chi connectivity index (χ0n) is 10.3. The predicted octanol–water partition coefficient (Wildman–Crippen LogP) is 3.42. The Bertz CT molecular complexity index is 363. The van der Waals surface area contributed by atoms with Gasteiger partial charge in [-0.05, 0) is 56.3 Å². The minimum Gasteiger partial charge on any atom is -0.497 e. The van der Waals surface area contributed by atoms with Gasteiger partial charge in [-0.1, -0.05) is 17.7 Å². The van der Waals surface area contributed by atoms with Gasteiger partial charge < -0.3 is 10.1 Å². The van der Waals surface area contributed by atoms with Crippen molar-refractivity contribution < 1.29 is 4.74 Å². The monoisotopic (exact) mass is 253 g/mol. The number of rotatable bonds is 7. The molecule has 0 saturated heterocycles. The Morgan fingerprint density at radius 3 is 2.82 bits per heavy atom. The van der Waals surface area contributed by atoms with Crippen molar-refractivity contribution in [2.45, 2.75) is 38.1 Å². The molecular weight excluding hydrogens is 234 g/mol. The molecule has 0 amide bonds. The number of halogens is 1. The fourth-order valence-corrected chi connectivity index (χ4v) is 2.16. The molecule has 3 heteroatoms. The molecule has 1 saturated carbocycles. The number of hydrogen-bond acceptors (Lipinski definition) is 2. The molecule has 1 aliphatic rings.